The molecule has 0 heterocycles. The predicted octanol–water partition coefficient (Wildman–Crippen LogP) is 0.884. The minimum Gasteiger partial charge on any atom is -0.379 e. The lowest BCUT2D eigenvalue weighted by Crippen LogP contribution is -2.27. The highest BCUT2D eigenvalue weighted by atomic mass is 32.2. The summed E-state index contributed by atoms with van der Waals surface area (Å²) in [5.74, 6) is 0. The summed E-state index contributed by atoms with van der Waals surface area (Å²) in [4.78, 5) is 9.76. The number of nitro groups is 1. The molecular formula is C11H16N2O6S. The summed E-state index contributed by atoms with van der Waals surface area (Å²) in [5.41, 5.74) is -0.287. The molecule has 0 unspecified atom stereocenters. The Morgan fingerprint density at radius 2 is 2.00 bits per heavy atom. The van der Waals surface area contributed by atoms with Gasteiger partial charge in [-0.05, 0) is 13.0 Å². The van der Waals surface area contributed by atoms with Crippen molar-refractivity contribution in [2.45, 2.75) is 11.8 Å². The highest BCUT2D eigenvalue weighted by Gasteiger charge is 2.16. The van der Waals surface area contributed by atoms with E-state index in [2.05, 4.69) is 4.72 Å². The molecule has 0 aliphatic carbocycles. The summed E-state index contributed by atoms with van der Waals surface area (Å²) in [6.45, 7) is 2.80. The van der Waals surface area contributed by atoms with Crippen molar-refractivity contribution in [3.63, 3.8) is 0 Å². The summed E-state index contributed by atoms with van der Waals surface area (Å²) >= 11 is 0. The molecule has 1 rings (SSSR count). The number of ether oxygens (including phenoxy) is 2. The van der Waals surface area contributed by atoms with E-state index in [-0.39, 0.29) is 23.9 Å². The van der Waals surface area contributed by atoms with Gasteiger partial charge in [0.05, 0.1) is 23.0 Å². The van der Waals surface area contributed by atoms with Crippen LogP contribution in [-0.4, -0.2) is 39.9 Å². The van der Waals surface area contributed by atoms with Crippen LogP contribution in [0.2, 0.25) is 0 Å². The molecule has 0 aliphatic heterocycles. The number of benzene rings is 1. The zero-order chi connectivity index (χ0) is 15.0. The third-order valence-electron chi connectivity index (χ3n) is 2.27. The number of sulfonamides is 1. The normalized spacial score (nSPS) is 11.4. The van der Waals surface area contributed by atoms with Gasteiger partial charge in [0.1, 0.15) is 6.73 Å². The van der Waals surface area contributed by atoms with Gasteiger partial charge in [-0.15, -0.1) is 0 Å². The van der Waals surface area contributed by atoms with Gasteiger partial charge in [-0.2, -0.15) is 4.72 Å². The maximum atomic E-state index is 11.9. The number of hydrogen-bond acceptors (Lipinski definition) is 6. The molecule has 8 nitrogen and oxygen atoms in total. The van der Waals surface area contributed by atoms with Crippen molar-refractivity contribution in [1.29, 1.82) is 0 Å². The van der Waals surface area contributed by atoms with E-state index in [0.29, 0.717) is 13.2 Å². The Labute approximate surface area is 116 Å². The Balaban J connectivity index is 2.56. The van der Waals surface area contributed by atoms with Crippen LogP contribution in [-0.2, 0) is 19.5 Å². The van der Waals surface area contributed by atoms with Gasteiger partial charge in [0.15, 0.2) is 0 Å². The van der Waals surface area contributed by atoms with E-state index in [9.17, 15) is 18.5 Å². The lowest BCUT2D eigenvalue weighted by molar-refractivity contribution is -0.385. The molecule has 0 amide bonds. The van der Waals surface area contributed by atoms with E-state index >= 15 is 0 Å². The van der Waals surface area contributed by atoms with Gasteiger partial charge < -0.3 is 9.47 Å². The van der Waals surface area contributed by atoms with E-state index < -0.39 is 14.9 Å². The molecule has 0 aliphatic rings. The molecule has 0 saturated carbocycles. The first-order valence-corrected chi connectivity index (χ1v) is 7.35. The summed E-state index contributed by atoms with van der Waals surface area (Å²) < 4.78 is 35.9. The molecule has 0 aromatic heterocycles. The van der Waals surface area contributed by atoms with Crippen LogP contribution in [0.15, 0.2) is 29.2 Å². The Kier molecular flexibility index (Phi) is 6.52. The van der Waals surface area contributed by atoms with Crippen LogP contribution in [0.4, 0.5) is 5.69 Å². The van der Waals surface area contributed by atoms with Crippen LogP contribution in [0.25, 0.3) is 0 Å². The largest absolute Gasteiger partial charge is 0.379 e. The van der Waals surface area contributed by atoms with Crippen LogP contribution in [0.5, 0.6) is 0 Å². The third-order valence-corrected chi connectivity index (χ3v) is 3.64. The number of rotatable bonds is 9. The van der Waals surface area contributed by atoms with Gasteiger partial charge in [0.2, 0.25) is 10.0 Å². The van der Waals surface area contributed by atoms with Crippen molar-refractivity contribution in [2.24, 2.45) is 0 Å². The van der Waals surface area contributed by atoms with Crippen LogP contribution in [0.1, 0.15) is 6.92 Å². The average Bonchev–Trinajstić information content (AvgIpc) is 2.43. The van der Waals surface area contributed by atoms with E-state index in [1.807, 2.05) is 6.92 Å². The average molecular weight is 304 g/mol. The molecule has 20 heavy (non-hydrogen) atoms. The van der Waals surface area contributed by atoms with E-state index in [0.717, 1.165) is 6.07 Å². The fourth-order valence-corrected chi connectivity index (χ4v) is 2.24. The van der Waals surface area contributed by atoms with Gasteiger partial charge in [0, 0.05) is 18.7 Å². The maximum Gasteiger partial charge on any atom is 0.270 e. The highest BCUT2D eigenvalue weighted by molar-refractivity contribution is 7.89. The van der Waals surface area contributed by atoms with Gasteiger partial charge in [0.25, 0.3) is 5.69 Å². The molecule has 0 saturated heterocycles. The van der Waals surface area contributed by atoms with Crippen molar-refractivity contribution in [2.75, 3.05) is 26.6 Å². The van der Waals surface area contributed by atoms with E-state index in [1.165, 1.54) is 18.2 Å². The first-order valence-electron chi connectivity index (χ1n) is 5.87. The highest BCUT2D eigenvalue weighted by Crippen LogP contribution is 2.16. The van der Waals surface area contributed by atoms with E-state index in [1.54, 1.807) is 0 Å². The van der Waals surface area contributed by atoms with Crippen molar-refractivity contribution >= 4 is 15.7 Å². The fourth-order valence-electron chi connectivity index (χ4n) is 1.30. The molecule has 9 heteroatoms. The first kappa shape index (κ1) is 16.5. The van der Waals surface area contributed by atoms with Gasteiger partial charge in [-0.1, -0.05) is 6.07 Å². The predicted molar refractivity (Wildman–Crippen MR) is 70.7 cm³/mol. The summed E-state index contributed by atoms with van der Waals surface area (Å²) in [6, 6.07) is 4.79. The molecule has 1 aromatic rings. The lowest BCUT2D eigenvalue weighted by atomic mass is 10.3. The zero-order valence-electron chi connectivity index (χ0n) is 10.9. The SMILES string of the molecule is CCOCCOCNS(=O)(=O)c1cccc([N+](=O)[O-])c1. The minimum atomic E-state index is -3.83. The molecule has 0 radical (unpaired) electrons. The fraction of sp³-hybridized carbons (Fsp3) is 0.455. The standard InChI is InChI=1S/C11H16N2O6S/c1-2-18-6-7-19-9-12-20(16,17)11-5-3-4-10(8-11)13(14)15/h3-5,8,12H,2,6-7,9H2,1H3. The second-order valence-electron chi connectivity index (χ2n) is 3.65. The van der Waals surface area contributed by atoms with Crippen LogP contribution in [0.3, 0.4) is 0 Å². The van der Waals surface area contributed by atoms with Crippen LogP contribution >= 0.6 is 0 Å². The third kappa shape index (κ3) is 5.21. The van der Waals surface area contributed by atoms with Crippen molar-refractivity contribution in [3.8, 4) is 0 Å². The van der Waals surface area contributed by atoms with Gasteiger partial charge >= 0.3 is 0 Å². The molecule has 1 aromatic carbocycles. The Bertz CT molecular complexity index is 546. The number of nitrogens with one attached hydrogen (secondary N) is 1. The van der Waals surface area contributed by atoms with Crippen LogP contribution < -0.4 is 4.72 Å². The second-order valence-corrected chi connectivity index (χ2v) is 5.42. The van der Waals surface area contributed by atoms with Crippen LogP contribution in [0, 0.1) is 10.1 Å². The molecule has 0 bridgehead atoms. The Morgan fingerprint density at radius 1 is 1.30 bits per heavy atom. The zero-order valence-corrected chi connectivity index (χ0v) is 11.8. The number of non-ortho nitro benzene ring substituents is 1. The smallest absolute Gasteiger partial charge is 0.270 e. The number of nitro benzene ring substituents is 1. The molecule has 112 valence electrons. The van der Waals surface area contributed by atoms with Gasteiger partial charge in [-0.25, -0.2) is 8.42 Å². The van der Waals surface area contributed by atoms with Crippen molar-refractivity contribution < 1.29 is 22.8 Å². The lowest BCUT2D eigenvalue weighted by Gasteiger charge is -2.07. The molecule has 1 N–H and O–H groups in total. The number of nitrogens with zero attached hydrogens (tertiary/aromatic N) is 1. The number of hydrogen-bond donors (Lipinski definition) is 1. The molecular weight excluding hydrogens is 288 g/mol. The quantitative estimate of drug-likeness (QED) is 0.314. The molecule has 0 spiro atoms. The first-order chi connectivity index (χ1) is 9.47. The maximum absolute atomic E-state index is 11.9. The van der Waals surface area contributed by atoms with Gasteiger partial charge in [-0.3, -0.25) is 10.1 Å². The Morgan fingerprint density at radius 3 is 2.65 bits per heavy atom. The second kappa shape index (κ2) is 7.90. The molecule has 0 fully saturated rings. The van der Waals surface area contributed by atoms with Crippen molar-refractivity contribution in [3.05, 3.63) is 34.4 Å². The summed E-state index contributed by atoms with van der Waals surface area (Å²) in [6.07, 6.45) is 0. The van der Waals surface area contributed by atoms with E-state index in [4.69, 9.17) is 9.47 Å². The van der Waals surface area contributed by atoms with Crippen molar-refractivity contribution in [1.82, 2.24) is 4.72 Å². The Hall–Kier alpha value is -1.55. The summed E-state index contributed by atoms with van der Waals surface area (Å²) in [5, 5.41) is 10.6. The topological polar surface area (TPSA) is 108 Å². The minimum absolute atomic E-state index is 0.180. The summed E-state index contributed by atoms with van der Waals surface area (Å²) in [7, 11) is -3.83. The molecule has 0 atom stereocenters. The monoisotopic (exact) mass is 304 g/mol.